The number of pyridine rings is 1. The number of hydrogen-bond donors (Lipinski definition) is 1. The van der Waals surface area contributed by atoms with Gasteiger partial charge in [-0.25, -0.2) is 18.8 Å². The zero-order valence-corrected chi connectivity index (χ0v) is 17.1. The lowest BCUT2D eigenvalue weighted by atomic mass is 10.00. The third-order valence-corrected chi connectivity index (χ3v) is 5.74. The number of halogens is 2. The van der Waals surface area contributed by atoms with Crippen molar-refractivity contribution in [3.05, 3.63) is 53.7 Å². The van der Waals surface area contributed by atoms with Crippen LogP contribution in [0.15, 0.2) is 36.5 Å². The van der Waals surface area contributed by atoms with Crippen LogP contribution in [0.3, 0.4) is 0 Å². The first kappa shape index (κ1) is 20.2. The fourth-order valence-electron chi connectivity index (χ4n) is 4.08. The Balaban J connectivity index is 1.46. The van der Waals surface area contributed by atoms with Gasteiger partial charge in [0.25, 0.3) is 0 Å². The zero-order chi connectivity index (χ0) is 22.2. The van der Waals surface area contributed by atoms with Crippen LogP contribution in [0.25, 0.3) is 22.6 Å². The standard InChI is InChI=1S/C21H20F2N8O/c22-16-3-1-4-17(19(16)23)31-21(26-27-28-31)15-11-14(12-25-20(15)24)13-6-9-29(10-7-13)30-8-2-5-18(30)32/h1,3-4,6,11-12H,2,5,7-10H2,(H2,24,25). The molecule has 1 fully saturated rings. The van der Waals surface area contributed by atoms with Gasteiger partial charge in [0.1, 0.15) is 11.5 Å². The van der Waals surface area contributed by atoms with E-state index in [4.69, 9.17) is 5.73 Å². The molecule has 2 aromatic heterocycles. The van der Waals surface area contributed by atoms with Gasteiger partial charge in [0, 0.05) is 32.3 Å². The Kier molecular flexibility index (Phi) is 5.10. The maximum atomic E-state index is 14.3. The van der Waals surface area contributed by atoms with Crippen molar-refractivity contribution in [3.63, 3.8) is 0 Å². The smallest absolute Gasteiger partial charge is 0.236 e. The van der Waals surface area contributed by atoms with Crippen molar-refractivity contribution in [2.45, 2.75) is 19.3 Å². The number of benzene rings is 1. The first-order valence-electron chi connectivity index (χ1n) is 10.3. The molecule has 0 spiro atoms. The van der Waals surface area contributed by atoms with Crippen LogP contribution in [-0.4, -0.2) is 60.8 Å². The highest BCUT2D eigenvalue weighted by Crippen LogP contribution is 2.31. The molecule has 0 aliphatic carbocycles. The number of hydrogen-bond acceptors (Lipinski definition) is 7. The van der Waals surface area contributed by atoms with Crippen LogP contribution in [-0.2, 0) is 4.79 Å². The van der Waals surface area contributed by atoms with E-state index in [1.807, 2.05) is 5.01 Å². The topological polar surface area (TPSA) is 106 Å². The predicted molar refractivity (Wildman–Crippen MR) is 112 cm³/mol. The quantitative estimate of drug-likeness (QED) is 0.666. The fourth-order valence-corrected chi connectivity index (χ4v) is 4.08. The van der Waals surface area contributed by atoms with Gasteiger partial charge in [-0.1, -0.05) is 12.1 Å². The van der Waals surface area contributed by atoms with Gasteiger partial charge in [0.2, 0.25) is 5.91 Å². The number of nitrogens with two attached hydrogens (primary N) is 1. The zero-order valence-electron chi connectivity index (χ0n) is 17.1. The molecular formula is C21H20F2N8O. The molecule has 0 atom stereocenters. The van der Waals surface area contributed by atoms with E-state index in [1.54, 1.807) is 12.3 Å². The van der Waals surface area contributed by atoms with Crippen LogP contribution in [0.1, 0.15) is 24.8 Å². The third kappa shape index (κ3) is 3.50. The normalized spacial score (nSPS) is 17.1. The lowest BCUT2D eigenvalue weighted by molar-refractivity contribution is -0.142. The summed E-state index contributed by atoms with van der Waals surface area (Å²) in [4.78, 5) is 16.3. The second kappa shape index (κ2) is 8.08. The molecule has 0 saturated carbocycles. The van der Waals surface area contributed by atoms with Crippen molar-refractivity contribution < 1.29 is 13.6 Å². The molecule has 11 heteroatoms. The van der Waals surface area contributed by atoms with Crippen molar-refractivity contribution in [3.8, 4) is 17.1 Å². The maximum Gasteiger partial charge on any atom is 0.236 e. The Morgan fingerprint density at radius 3 is 2.75 bits per heavy atom. The molecular weight excluding hydrogens is 418 g/mol. The highest BCUT2D eigenvalue weighted by Gasteiger charge is 2.28. The van der Waals surface area contributed by atoms with Gasteiger partial charge in [0.05, 0.1) is 5.56 Å². The van der Waals surface area contributed by atoms with E-state index in [-0.39, 0.29) is 23.2 Å². The molecule has 0 bridgehead atoms. The van der Waals surface area contributed by atoms with E-state index >= 15 is 0 Å². The van der Waals surface area contributed by atoms with Crippen molar-refractivity contribution in [1.29, 1.82) is 0 Å². The number of anilines is 1. The minimum Gasteiger partial charge on any atom is -0.383 e. The van der Waals surface area contributed by atoms with Gasteiger partial charge < -0.3 is 5.73 Å². The summed E-state index contributed by atoms with van der Waals surface area (Å²) >= 11 is 0. The van der Waals surface area contributed by atoms with Crippen LogP contribution in [0, 0.1) is 11.6 Å². The molecule has 32 heavy (non-hydrogen) atoms. The van der Waals surface area contributed by atoms with Gasteiger partial charge in [-0.2, -0.15) is 4.68 Å². The lowest BCUT2D eigenvalue weighted by Crippen LogP contribution is -2.45. The molecule has 2 N–H and O–H groups in total. The van der Waals surface area contributed by atoms with Crippen LogP contribution in [0.2, 0.25) is 0 Å². The highest BCUT2D eigenvalue weighted by molar-refractivity contribution is 5.78. The summed E-state index contributed by atoms with van der Waals surface area (Å²) in [6.45, 7) is 2.09. The van der Waals surface area contributed by atoms with Crippen molar-refractivity contribution in [1.82, 2.24) is 35.2 Å². The number of rotatable bonds is 4. The first-order valence-corrected chi connectivity index (χ1v) is 10.3. The minimum absolute atomic E-state index is 0.127. The molecule has 2 aliphatic heterocycles. The van der Waals surface area contributed by atoms with Gasteiger partial charge in [-0.05, 0) is 52.6 Å². The number of aromatic nitrogens is 5. The molecule has 4 heterocycles. The van der Waals surface area contributed by atoms with Crippen LogP contribution < -0.4 is 5.73 Å². The van der Waals surface area contributed by atoms with Crippen molar-refractivity contribution >= 4 is 17.3 Å². The average Bonchev–Trinajstić information content (AvgIpc) is 3.45. The number of carbonyl (C=O) groups excluding carboxylic acids is 1. The van der Waals surface area contributed by atoms with Crippen LogP contribution >= 0.6 is 0 Å². The fraction of sp³-hybridized carbons (Fsp3) is 0.286. The van der Waals surface area contributed by atoms with Gasteiger partial charge in [-0.15, -0.1) is 5.10 Å². The SMILES string of the molecule is Nc1ncc(C2=CCN(N3CCCC3=O)CC2)cc1-c1nnnn1-c1cccc(F)c1F. The van der Waals surface area contributed by atoms with E-state index in [1.165, 1.54) is 12.1 Å². The van der Waals surface area contributed by atoms with E-state index in [0.29, 0.717) is 25.1 Å². The summed E-state index contributed by atoms with van der Waals surface area (Å²) in [6, 6.07) is 5.57. The predicted octanol–water partition coefficient (Wildman–Crippen LogP) is 2.21. The van der Waals surface area contributed by atoms with Gasteiger partial charge in [0.15, 0.2) is 17.5 Å². The summed E-state index contributed by atoms with van der Waals surface area (Å²) in [7, 11) is 0. The summed E-state index contributed by atoms with van der Waals surface area (Å²) in [6.07, 6.45) is 5.93. The summed E-state index contributed by atoms with van der Waals surface area (Å²) < 4.78 is 29.2. The van der Waals surface area contributed by atoms with E-state index in [9.17, 15) is 13.6 Å². The molecule has 3 aromatic rings. The lowest BCUT2D eigenvalue weighted by Gasteiger charge is -2.34. The second-order valence-electron chi connectivity index (χ2n) is 7.66. The monoisotopic (exact) mass is 438 g/mol. The van der Waals surface area contributed by atoms with E-state index in [0.717, 1.165) is 41.3 Å². The Labute approximate surface area is 182 Å². The molecule has 1 amide bonds. The number of amides is 1. The Morgan fingerprint density at radius 2 is 2.00 bits per heavy atom. The molecule has 164 valence electrons. The van der Waals surface area contributed by atoms with Crippen molar-refractivity contribution in [2.24, 2.45) is 0 Å². The summed E-state index contributed by atoms with van der Waals surface area (Å²) in [5, 5.41) is 15.3. The third-order valence-electron chi connectivity index (χ3n) is 5.74. The van der Waals surface area contributed by atoms with Gasteiger partial charge in [-0.3, -0.25) is 9.80 Å². The minimum atomic E-state index is -1.06. The molecule has 0 radical (unpaired) electrons. The Hall–Kier alpha value is -3.73. The summed E-state index contributed by atoms with van der Waals surface area (Å²) in [5.74, 6) is -1.58. The second-order valence-corrected chi connectivity index (χ2v) is 7.66. The number of carbonyl (C=O) groups is 1. The average molecular weight is 438 g/mol. The maximum absolute atomic E-state index is 14.3. The van der Waals surface area contributed by atoms with Crippen LogP contribution in [0.5, 0.6) is 0 Å². The molecule has 5 rings (SSSR count). The Bertz CT molecular complexity index is 1220. The summed E-state index contributed by atoms with van der Waals surface area (Å²) in [5.41, 5.74) is 8.25. The molecule has 0 unspecified atom stereocenters. The van der Waals surface area contributed by atoms with Gasteiger partial charge >= 0.3 is 0 Å². The number of tetrazole rings is 1. The molecule has 1 saturated heterocycles. The molecule has 9 nitrogen and oxygen atoms in total. The number of nitrogen functional groups attached to an aromatic ring is 1. The highest BCUT2D eigenvalue weighted by atomic mass is 19.2. The Morgan fingerprint density at radius 1 is 1.12 bits per heavy atom. The number of nitrogens with zero attached hydrogens (tertiary/aromatic N) is 7. The molecule has 1 aromatic carbocycles. The first-order chi connectivity index (χ1) is 15.5. The molecule has 2 aliphatic rings. The largest absolute Gasteiger partial charge is 0.383 e. The van der Waals surface area contributed by atoms with E-state index in [2.05, 4.69) is 31.6 Å². The van der Waals surface area contributed by atoms with E-state index < -0.39 is 11.6 Å². The number of hydrazine groups is 1. The van der Waals surface area contributed by atoms with Crippen molar-refractivity contribution in [2.75, 3.05) is 25.4 Å². The van der Waals surface area contributed by atoms with Crippen LogP contribution in [0.4, 0.5) is 14.6 Å².